The molecule has 0 bridgehead atoms. The third kappa shape index (κ3) is 4.41. The van der Waals surface area contributed by atoms with E-state index >= 15 is 0 Å². The van der Waals surface area contributed by atoms with Crippen molar-refractivity contribution in [2.75, 3.05) is 19.5 Å². The van der Waals surface area contributed by atoms with Gasteiger partial charge >= 0.3 is 12.1 Å². The summed E-state index contributed by atoms with van der Waals surface area (Å²) in [5, 5.41) is 2.78. The second-order valence-corrected chi connectivity index (χ2v) is 6.95. The van der Waals surface area contributed by atoms with E-state index in [0.717, 1.165) is 20.3 Å². The van der Waals surface area contributed by atoms with Crippen molar-refractivity contribution in [3.8, 4) is 5.75 Å². The number of carbonyl (C=O) groups is 1. The van der Waals surface area contributed by atoms with Gasteiger partial charge in [0, 0.05) is 29.3 Å². The third-order valence-electron chi connectivity index (χ3n) is 5.09. The summed E-state index contributed by atoms with van der Waals surface area (Å²) in [5.41, 5.74) is 0.162. The van der Waals surface area contributed by atoms with Crippen LogP contribution in [0.3, 0.4) is 0 Å². The summed E-state index contributed by atoms with van der Waals surface area (Å²) >= 11 is 0. The van der Waals surface area contributed by atoms with Gasteiger partial charge in [0.1, 0.15) is 11.9 Å². The molecule has 1 saturated heterocycles. The van der Waals surface area contributed by atoms with Gasteiger partial charge in [-0.2, -0.15) is 17.6 Å². The molecule has 11 heteroatoms. The van der Waals surface area contributed by atoms with Gasteiger partial charge in [0.15, 0.2) is 17.7 Å². The zero-order valence-electron chi connectivity index (χ0n) is 16.7. The number of hydrogen-bond acceptors (Lipinski definition) is 6. The van der Waals surface area contributed by atoms with Crippen molar-refractivity contribution < 1.29 is 41.0 Å². The predicted molar refractivity (Wildman–Crippen MR) is 98.7 cm³/mol. The molecule has 1 aromatic carbocycles. The summed E-state index contributed by atoms with van der Waals surface area (Å²) in [6.07, 6.45) is -6.90. The van der Waals surface area contributed by atoms with Crippen LogP contribution in [0.4, 0.5) is 27.6 Å². The minimum Gasteiger partial charge on any atom is -0.493 e. The second kappa shape index (κ2) is 8.66. The zero-order valence-corrected chi connectivity index (χ0v) is 16.7. The molecular formula is C20H19F5N2O4. The molecule has 1 aliphatic rings. The molecule has 1 N–H and O–H groups in total. The third-order valence-corrected chi connectivity index (χ3v) is 5.09. The summed E-state index contributed by atoms with van der Waals surface area (Å²) in [6.45, 7) is 1.30. The molecule has 3 rings (SSSR count). The largest absolute Gasteiger partial charge is 0.493 e. The Kier molecular flexibility index (Phi) is 6.35. The topological polar surface area (TPSA) is 69.7 Å². The Balaban J connectivity index is 2.03. The number of ether oxygens (including phenoxy) is 3. The number of anilines is 1. The van der Waals surface area contributed by atoms with E-state index in [9.17, 15) is 26.7 Å². The van der Waals surface area contributed by atoms with E-state index < -0.39 is 53.7 Å². The van der Waals surface area contributed by atoms with Crippen LogP contribution in [0.25, 0.3) is 0 Å². The standard InChI is InChI=1S/C20H19F5N2O4/c1-9-14(11-4-5-12(21)15(22)16(11)29-2)18(31-17(9)20(23,24)25)27-10-6-7-26-13(8-10)19(28)30-3/h4-9,14,17-18H,1-3H3,(H,26,27). The first-order valence-electron chi connectivity index (χ1n) is 9.13. The van der Waals surface area contributed by atoms with Crippen LogP contribution in [0.15, 0.2) is 30.5 Å². The van der Waals surface area contributed by atoms with Crippen molar-refractivity contribution in [2.24, 2.45) is 5.92 Å². The highest BCUT2D eigenvalue weighted by atomic mass is 19.4. The van der Waals surface area contributed by atoms with E-state index in [1.54, 1.807) is 0 Å². The molecule has 4 atom stereocenters. The molecule has 6 nitrogen and oxygen atoms in total. The average molecular weight is 446 g/mol. The van der Waals surface area contributed by atoms with Gasteiger partial charge in [0.05, 0.1) is 14.2 Å². The Hall–Kier alpha value is -2.95. The van der Waals surface area contributed by atoms with Crippen molar-refractivity contribution in [1.82, 2.24) is 4.98 Å². The fraction of sp³-hybridized carbons (Fsp3) is 0.400. The van der Waals surface area contributed by atoms with Gasteiger partial charge in [-0.3, -0.25) is 0 Å². The van der Waals surface area contributed by atoms with E-state index in [2.05, 4.69) is 15.0 Å². The summed E-state index contributed by atoms with van der Waals surface area (Å²) in [6, 6.07) is 4.68. The van der Waals surface area contributed by atoms with Crippen molar-refractivity contribution in [2.45, 2.75) is 31.3 Å². The second-order valence-electron chi connectivity index (χ2n) is 6.95. The Morgan fingerprint density at radius 3 is 2.52 bits per heavy atom. The SMILES string of the molecule is COC(=O)c1cc(NC2OC(C(F)(F)F)C(C)C2c2ccc(F)c(F)c2OC)ccn1. The Morgan fingerprint density at radius 1 is 1.19 bits per heavy atom. The molecule has 31 heavy (non-hydrogen) atoms. The first kappa shape index (κ1) is 22.7. The van der Waals surface area contributed by atoms with Crippen LogP contribution in [-0.4, -0.2) is 43.7 Å². The Morgan fingerprint density at radius 2 is 1.90 bits per heavy atom. The maximum atomic E-state index is 14.3. The molecule has 1 aliphatic heterocycles. The maximum Gasteiger partial charge on any atom is 0.415 e. The molecule has 1 aromatic heterocycles. The smallest absolute Gasteiger partial charge is 0.415 e. The molecule has 0 radical (unpaired) electrons. The van der Waals surface area contributed by atoms with Gasteiger partial charge in [0.2, 0.25) is 5.82 Å². The molecule has 0 spiro atoms. The summed E-state index contributed by atoms with van der Waals surface area (Å²) in [5.74, 6) is -5.97. The molecule has 0 amide bonds. The molecule has 4 unspecified atom stereocenters. The first-order chi connectivity index (χ1) is 14.6. The fourth-order valence-corrected chi connectivity index (χ4v) is 3.69. The Bertz CT molecular complexity index is 969. The number of carbonyl (C=O) groups excluding carboxylic acids is 1. The average Bonchev–Trinajstić information content (AvgIpc) is 3.05. The number of halogens is 5. The monoisotopic (exact) mass is 446 g/mol. The number of nitrogens with zero attached hydrogens (tertiary/aromatic N) is 1. The van der Waals surface area contributed by atoms with Crippen LogP contribution in [0.5, 0.6) is 5.75 Å². The number of methoxy groups -OCH3 is 2. The van der Waals surface area contributed by atoms with Crippen LogP contribution >= 0.6 is 0 Å². The lowest BCUT2D eigenvalue weighted by Gasteiger charge is -2.25. The number of hydrogen-bond donors (Lipinski definition) is 1. The van der Waals surface area contributed by atoms with E-state index in [1.165, 1.54) is 31.3 Å². The quantitative estimate of drug-likeness (QED) is 0.547. The highest BCUT2D eigenvalue weighted by molar-refractivity contribution is 5.88. The van der Waals surface area contributed by atoms with Gasteiger partial charge in [-0.05, 0) is 18.2 Å². The van der Waals surface area contributed by atoms with E-state index in [4.69, 9.17) is 9.47 Å². The molecule has 2 aromatic rings. The lowest BCUT2D eigenvalue weighted by Crippen LogP contribution is -2.33. The van der Waals surface area contributed by atoms with Crippen LogP contribution < -0.4 is 10.1 Å². The van der Waals surface area contributed by atoms with E-state index in [1.807, 2.05) is 0 Å². The highest BCUT2D eigenvalue weighted by Crippen LogP contribution is 2.48. The van der Waals surface area contributed by atoms with Gasteiger partial charge in [-0.1, -0.05) is 13.0 Å². The van der Waals surface area contributed by atoms with Gasteiger partial charge < -0.3 is 19.5 Å². The summed E-state index contributed by atoms with van der Waals surface area (Å²) in [7, 11) is 2.25. The number of esters is 1. The van der Waals surface area contributed by atoms with Crippen LogP contribution in [0, 0.1) is 17.6 Å². The van der Waals surface area contributed by atoms with Gasteiger partial charge in [-0.15, -0.1) is 0 Å². The summed E-state index contributed by atoms with van der Waals surface area (Å²) in [4.78, 5) is 15.5. The number of aromatic nitrogens is 1. The minimum absolute atomic E-state index is 0.0143. The molecule has 1 fully saturated rings. The molecule has 0 saturated carbocycles. The molecule has 0 aliphatic carbocycles. The van der Waals surface area contributed by atoms with Crippen molar-refractivity contribution in [3.63, 3.8) is 0 Å². The molecule has 2 heterocycles. The normalized spacial score (nSPS) is 23.5. The predicted octanol–water partition coefficient (Wildman–Crippen LogP) is 4.27. The maximum absolute atomic E-state index is 14.3. The van der Waals surface area contributed by atoms with Crippen LogP contribution in [-0.2, 0) is 9.47 Å². The number of pyridine rings is 1. The number of nitrogens with one attached hydrogen (secondary N) is 1. The lowest BCUT2D eigenvalue weighted by molar-refractivity contribution is -0.221. The van der Waals surface area contributed by atoms with Crippen LogP contribution in [0.1, 0.15) is 28.9 Å². The zero-order chi connectivity index (χ0) is 22.9. The number of alkyl halides is 3. The molecule has 168 valence electrons. The van der Waals surface area contributed by atoms with Crippen molar-refractivity contribution >= 4 is 11.7 Å². The molecular weight excluding hydrogens is 427 g/mol. The van der Waals surface area contributed by atoms with E-state index in [-0.39, 0.29) is 16.9 Å². The minimum atomic E-state index is -4.70. The van der Waals surface area contributed by atoms with Crippen LogP contribution in [0.2, 0.25) is 0 Å². The first-order valence-corrected chi connectivity index (χ1v) is 9.13. The van der Waals surface area contributed by atoms with Gasteiger partial charge in [-0.25, -0.2) is 14.2 Å². The van der Waals surface area contributed by atoms with Crippen molar-refractivity contribution in [3.05, 3.63) is 53.4 Å². The van der Waals surface area contributed by atoms with E-state index in [0.29, 0.717) is 0 Å². The number of benzene rings is 1. The summed E-state index contributed by atoms with van der Waals surface area (Å²) < 4.78 is 83.4. The number of rotatable bonds is 5. The van der Waals surface area contributed by atoms with Crippen molar-refractivity contribution in [1.29, 1.82) is 0 Å². The van der Waals surface area contributed by atoms with Gasteiger partial charge in [0.25, 0.3) is 0 Å². The highest BCUT2D eigenvalue weighted by Gasteiger charge is 2.55. The Labute approximate surface area is 174 Å². The lowest BCUT2D eigenvalue weighted by atomic mass is 9.84. The fourth-order valence-electron chi connectivity index (χ4n) is 3.69.